The molecule has 0 bridgehead atoms. The zero-order valence-electron chi connectivity index (χ0n) is 40.1. The molecule has 0 spiro atoms. The number of nitrogens with zero attached hydrogens (tertiary/aromatic N) is 1. The van der Waals surface area contributed by atoms with Gasteiger partial charge in [-0.15, -0.1) is 0 Å². The molecule has 0 aromatic rings. The molecule has 0 aromatic carbocycles. The van der Waals surface area contributed by atoms with Gasteiger partial charge in [-0.3, -0.25) is 13.8 Å². The summed E-state index contributed by atoms with van der Waals surface area (Å²) in [6, 6.07) is -0.768. The van der Waals surface area contributed by atoms with Gasteiger partial charge in [-0.05, 0) is 64.2 Å². The third kappa shape index (κ3) is 45.8. The minimum atomic E-state index is -4.32. The number of hydrogen-bond acceptors (Lipinski definition) is 5. The number of allylic oxidation sites excluding steroid dienone is 12. The third-order valence-electron chi connectivity index (χ3n) is 10.7. The highest BCUT2D eigenvalue weighted by Crippen LogP contribution is 2.43. The van der Waals surface area contributed by atoms with Crippen LogP contribution in [0.3, 0.4) is 0 Å². The van der Waals surface area contributed by atoms with Crippen LogP contribution < -0.4 is 5.32 Å². The van der Waals surface area contributed by atoms with Crippen molar-refractivity contribution in [2.24, 2.45) is 0 Å². The molecule has 0 rings (SSSR count). The minimum Gasteiger partial charge on any atom is -0.391 e. The van der Waals surface area contributed by atoms with Crippen molar-refractivity contribution in [3.05, 3.63) is 72.9 Å². The molecule has 9 heteroatoms. The van der Waals surface area contributed by atoms with E-state index in [1.165, 1.54) is 89.9 Å². The first-order valence-electron chi connectivity index (χ1n) is 24.8. The van der Waals surface area contributed by atoms with E-state index in [0.29, 0.717) is 23.9 Å². The van der Waals surface area contributed by atoms with Crippen LogP contribution in [0, 0.1) is 0 Å². The Kier molecular flexibility index (Phi) is 41.7. The summed E-state index contributed by atoms with van der Waals surface area (Å²) in [6.45, 7) is 4.75. The smallest absolute Gasteiger partial charge is 0.391 e. The number of hydrogen-bond donors (Lipinski definition) is 3. The van der Waals surface area contributed by atoms with E-state index in [1.807, 2.05) is 21.1 Å². The fourth-order valence-corrected chi connectivity index (χ4v) is 7.55. The maximum atomic E-state index is 12.9. The molecule has 0 aliphatic rings. The Morgan fingerprint density at radius 3 is 1.44 bits per heavy atom. The summed E-state index contributed by atoms with van der Waals surface area (Å²) in [5, 5.41) is 14.0. The molecule has 354 valence electrons. The van der Waals surface area contributed by atoms with Gasteiger partial charge in [-0.2, -0.15) is 0 Å². The Hall–Kier alpha value is -2.06. The first-order chi connectivity index (χ1) is 29.5. The average molecular weight is 876 g/mol. The van der Waals surface area contributed by atoms with Crippen LogP contribution in [0.1, 0.15) is 200 Å². The van der Waals surface area contributed by atoms with Crippen LogP contribution in [0.5, 0.6) is 0 Å². The van der Waals surface area contributed by atoms with Gasteiger partial charge in [0.25, 0.3) is 0 Å². The maximum absolute atomic E-state index is 12.9. The maximum Gasteiger partial charge on any atom is 0.472 e. The monoisotopic (exact) mass is 876 g/mol. The van der Waals surface area contributed by atoms with Crippen molar-refractivity contribution in [3.63, 3.8) is 0 Å². The number of aliphatic hydroxyl groups excluding tert-OH is 1. The normalized spacial score (nSPS) is 14.8. The summed E-state index contributed by atoms with van der Waals surface area (Å²) in [5.74, 6) is -0.157. The van der Waals surface area contributed by atoms with Gasteiger partial charge in [0, 0.05) is 6.42 Å². The zero-order valence-corrected chi connectivity index (χ0v) is 41.0. The van der Waals surface area contributed by atoms with E-state index in [9.17, 15) is 19.4 Å². The van der Waals surface area contributed by atoms with Gasteiger partial charge in [-0.1, -0.05) is 202 Å². The SMILES string of the molecule is CC/C=C\C/C=C\C/C=C\C/C=C\C/C=C\C/C=C\CCCCCCCCCCC(=O)NC(COP(=O)(O)OCC[N+](C)(C)C)C(O)CCCCCCCCCCCCCC. The molecule has 3 unspecified atom stereocenters. The van der Waals surface area contributed by atoms with E-state index in [1.54, 1.807) is 0 Å². The largest absolute Gasteiger partial charge is 0.472 e. The number of carbonyl (C=O) groups is 1. The van der Waals surface area contributed by atoms with Crippen molar-refractivity contribution in [3.8, 4) is 0 Å². The van der Waals surface area contributed by atoms with Crippen molar-refractivity contribution in [2.75, 3.05) is 40.9 Å². The fourth-order valence-electron chi connectivity index (χ4n) is 6.81. The predicted octanol–water partition coefficient (Wildman–Crippen LogP) is 14.4. The van der Waals surface area contributed by atoms with E-state index < -0.39 is 20.0 Å². The molecule has 0 saturated carbocycles. The van der Waals surface area contributed by atoms with E-state index in [2.05, 4.69) is 92.1 Å². The van der Waals surface area contributed by atoms with Gasteiger partial charge in [0.2, 0.25) is 5.91 Å². The lowest BCUT2D eigenvalue weighted by molar-refractivity contribution is -0.870. The number of rotatable bonds is 44. The molecule has 61 heavy (non-hydrogen) atoms. The highest BCUT2D eigenvalue weighted by atomic mass is 31.2. The van der Waals surface area contributed by atoms with Gasteiger partial charge in [0.05, 0.1) is 39.9 Å². The molecule has 8 nitrogen and oxygen atoms in total. The molecule has 0 saturated heterocycles. The van der Waals surface area contributed by atoms with Crippen LogP contribution in [0.4, 0.5) is 0 Å². The average Bonchev–Trinajstić information content (AvgIpc) is 3.21. The molecule has 1 amide bonds. The van der Waals surface area contributed by atoms with E-state index in [-0.39, 0.29) is 19.1 Å². The van der Waals surface area contributed by atoms with Gasteiger partial charge in [-0.25, -0.2) is 4.57 Å². The molecule has 0 aromatic heterocycles. The molecule has 0 heterocycles. The Labute approximate surface area is 376 Å². The summed E-state index contributed by atoms with van der Waals surface area (Å²) < 4.78 is 23.6. The number of likely N-dealkylation sites (N-methyl/N-ethyl adjacent to an activating group) is 1. The minimum absolute atomic E-state index is 0.0695. The van der Waals surface area contributed by atoms with Gasteiger partial charge < -0.3 is 19.8 Å². The topological polar surface area (TPSA) is 105 Å². The Bertz CT molecular complexity index is 1220. The van der Waals surface area contributed by atoms with E-state index >= 15 is 0 Å². The molecular formula is C52H96N2O6P+. The highest BCUT2D eigenvalue weighted by molar-refractivity contribution is 7.47. The lowest BCUT2D eigenvalue weighted by atomic mass is 10.0. The second kappa shape index (κ2) is 43.2. The number of aliphatic hydroxyl groups is 1. The predicted molar refractivity (Wildman–Crippen MR) is 263 cm³/mol. The summed E-state index contributed by atoms with van der Waals surface area (Å²) in [5.41, 5.74) is 0. The number of carbonyl (C=O) groups excluding carboxylic acids is 1. The highest BCUT2D eigenvalue weighted by Gasteiger charge is 2.28. The summed E-state index contributed by atoms with van der Waals surface area (Å²) in [4.78, 5) is 23.2. The van der Waals surface area contributed by atoms with Crippen molar-refractivity contribution >= 4 is 13.7 Å². The number of phosphoric acid groups is 1. The lowest BCUT2D eigenvalue weighted by Crippen LogP contribution is -2.46. The molecular weight excluding hydrogens is 780 g/mol. The van der Waals surface area contributed by atoms with Crippen LogP contribution in [0.25, 0.3) is 0 Å². The van der Waals surface area contributed by atoms with Crippen molar-refractivity contribution in [2.45, 2.75) is 212 Å². The van der Waals surface area contributed by atoms with Gasteiger partial charge in [0.1, 0.15) is 13.2 Å². The van der Waals surface area contributed by atoms with E-state index in [0.717, 1.165) is 83.5 Å². The van der Waals surface area contributed by atoms with Crippen molar-refractivity contribution in [1.82, 2.24) is 5.32 Å². The summed E-state index contributed by atoms with van der Waals surface area (Å²) in [6.07, 6.45) is 57.9. The van der Waals surface area contributed by atoms with E-state index in [4.69, 9.17) is 9.05 Å². The van der Waals surface area contributed by atoms with Crippen LogP contribution >= 0.6 is 7.82 Å². The zero-order chi connectivity index (χ0) is 45.0. The number of phosphoric ester groups is 1. The fraction of sp³-hybridized carbons (Fsp3) is 0.750. The van der Waals surface area contributed by atoms with Crippen LogP contribution in [0.15, 0.2) is 72.9 Å². The number of quaternary nitrogens is 1. The summed E-state index contributed by atoms with van der Waals surface area (Å²) in [7, 11) is 1.60. The standard InChI is InChI=1S/C52H95N2O6P/c1-6-8-10-12-14-16-18-20-21-22-23-24-25-26-27-28-29-30-31-32-33-34-36-38-40-42-44-46-52(56)53-50(49-60-61(57,58)59-48-47-54(3,4)5)51(55)45-43-41-39-37-35-19-17-15-13-11-9-7-2/h8,10,14,16,20-21,23-24,26-27,29-30,50-51,55H,6-7,9,11-13,15,17-19,22,25,28,31-49H2,1-5H3,(H-,53,56,57,58)/p+1/b10-8-,16-14-,21-20-,24-23-,27-26-,30-29-. The summed E-state index contributed by atoms with van der Waals surface area (Å²) >= 11 is 0. The first kappa shape index (κ1) is 58.9. The number of unbranched alkanes of at least 4 members (excludes halogenated alkanes) is 19. The molecule has 0 fully saturated rings. The second-order valence-corrected chi connectivity index (χ2v) is 19.3. The lowest BCUT2D eigenvalue weighted by Gasteiger charge is -2.26. The Morgan fingerprint density at radius 2 is 0.984 bits per heavy atom. The van der Waals surface area contributed by atoms with Gasteiger partial charge in [0.15, 0.2) is 0 Å². The molecule has 3 atom stereocenters. The number of amides is 1. The van der Waals surface area contributed by atoms with Crippen molar-refractivity contribution in [1.29, 1.82) is 0 Å². The quantitative estimate of drug-likeness (QED) is 0.0244. The number of nitrogens with one attached hydrogen (secondary N) is 1. The van der Waals surface area contributed by atoms with Crippen molar-refractivity contribution < 1.29 is 32.9 Å². The molecule has 3 N–H and O–H groups in total. The van der Waals surface area contributed by atoms with Crippen LogP contribution in [-0.4, -0.2) is 73.4 Å². The second-order valence-electron chi connectivity index (χ2n) is 17.8. The molecule has 0 radical (unpaired) electrons. The Balaban J connectivity index is 4.23. The Morgan fingerprint density at radius 1 is 0.574 bits per heavy atom. The third-order valence-corrected chi connectivity index (χ3v) is 11.7. The van der Waals surface area contributed by atoms with Gasteiger partial charge >= 0.3 is 7.82 Å². The molecule has 0 aliphatic carbocycles. The molecule has 0 aliphatic heterocycles. The first-order valence-corrected chi connectivity index (χ1v) is 26.3. The van der Waals surface area contributed by atoms with Crippen LogP contribution in [-0.2, 0) is 18.4 Å². The van der Waals surface area contributed by atoms with Crippen LogP contribution in [0.2, 0.25) is 0 Å².